The van der Waals surface area contributed by atoms with Gasteiger partial charge in [0.05, 0.1) is 11.5 Å². The molecule has 4 aromatic rings. The summed E-state index contributed by atoms with van der Waals surface area (Å²) in [5, 5.41) is 14.5. The number of nitrogens with zero attached hydrogens (tertiary/aromatic N) is 2. The first-order valence-electron chi connectivity index (χ1n) is 9.33. The molecule has 1 N–H and O–H groups in total. The molecule has 1 aromatic heterocycles. The number of ether oxygens (including phenoxy) is 1. The first kappa shape index (κ1) is 20.4. The second-order valence-corrected chi connectivity index (χ2v) is 6.97. The van der Waals surface area contributed by atoms with Crippen LogP contribution in [0.25, 0.3) is 22.6 Å². The van der Waals surface area contributed by atoms with E-state index in [0.29, 0.717) is 27.7 Å². The number of benzene rings is 3. The van der Waals surface area contributed by atoms with Crippen molar-refractivity contribution in [1.29, 1.82) is 0 Å². The molecule has 9 heteroatoms. The van der Waals surface area contributed by atoms with E-state index in [1.165, 1.54) is 18.2 Å². The molecule has 0 atom stereocenters. The first-order valence-corrected chi connectivity index (χ1v) is 9.71. The smallest absolute Gasteiger partial charge is 0.311 e. The zero-order valence-electron chi connectivity index (χ0n) is 16.3. The summed E-state index contributed by atoms with van der Waals surface area (Å²) in [7, 11) is 0. The van der Waals surface area contributed by atoms with Crippen molar-refractivity contribution >= 4 is 40.0 Å². The summed E-state index contributed by atoms with van der Waals surface area (Å²) < 4.78 is 11.0. The van der Waals surface area contributed by atoms with E-state index in [4.69, 9.17) is 20.8 Å². The third-order valence-corrected chi connectivity index (χ3v) is 4.69. The van der Waals surface area contributed by atoms with E-state index < -0.39 is 10.8 Å². The third kappa shape index (κ3) is 4.34. The van der Waals surface area contributed by atoms with Gasteiger partial charge < -0.3 is 14.5 Å². The number of anilines is 1. The molecule has 8 nitrogen and oxygen atoms in total. The average Bonchev–Trinajstić information content (AvgIpc) is 3.17. The van der Waals surface area contributed by atoms with Crippen LogP contribution in [0.15, 0.2) is 65.1 Å². The number of hydrogen-bond donors (Lipinski definition) is 1. The lowest BCUT2D eigenvalue weighted by molar-refractivity contribution is -0.385. The number of amides is 1. The van der Waals surface area contributed by atoms with Gasteiger partial charge in [-0.05, 0) is 61.5 Å². The van der Waals surface area contributed by atoms with Crippen molar-refractivity contribution in [2.24, 2.45) is 0 Å². The van der Waals surface area contributed by atoms with Gasteiger partial charge in [-0.3, -0.25) is 14.9 Å². The van der Waals surface area contributed by atoms with E-state index in [9.17, 15) is 14.9 Å². The number of nitro groups is 1. The topological polar surface area (TPSA) is 108 Å². The van der Waals surface area contributed by atoms with Gasteiger partial charge in [0.25, 0.3) is 5.91 Å². The molecule has 3 aromatic carbocycles. The molecule has 31 heavy (non-hydrogen) atoms. The fourth-order valence-corrected chi connectivity index (χ4v) is 3.17. The van der Waals surface area contributed by atoms with Crippen LogP contribution in [0.1, 0.15) is 17.3 Å². The number of hydrogen-bond acceptors (Lipinski definition) is 6. The van der Waals surface area contributed by atoms with Crippen molar-refractivity contribution in [1.82, 2.24) is 4.98 Å². The van der Waals surface area contributed by atoms with E-state index in [-0.39, 0.29) is 23.6 Å². The molecule has 0 saturated carbocycles. The third-order valence-electron chi connectivity index (χ3n) is 4.46. The molecular weight excluding hydrogens is 422 g/mol. The normalized spacial score (nSPS) is 10.8. The van der Waals surface area contributed by atoms with Crippen LogP contribution in [0.4, 0.5) is 11.4 Å². The number of nitrogens with one attached hydrogen (secondary N) is 1. The average molecular weight is 438 g/mol. The summed E-state index contributed by atoms with van der Waals surface area (Å²) in [5.41, 5.74) is 2.40. The second-order valence-electron chi connectivity index (χ2n) is 6.54. The maximum absolute atomic E-state index is 12.5. The van der Waals surface area contributed by atoms with Crippen LogP contribution in [0.3, 0.4) is 0 Å². The van der Waals surface area contributed by atoms with Gasteiger partial charge in [0, 0.05) is 27.9 Å². The van der Waals surface area contributed by atoms with Gasteiger partial charge in [-0.25, -0.2) is 4.98 Å². The van der Waals surface area contributed by atoms with E-state index >= 15 is 0 Å². The van der Waals surface area contributed by atoms with Crippen LogP contribution in [-0.4, -0.2) is 22.4 Å². The first-order chi connectivity index (χ1) is 14.9. The molecule has 0 spiro atoms. The molecule has 4 rings (SSSR count). The maximum Gasteiger partial charge on any atom is 0.311 e. The Morgan fingerprint density at radius 2 is 1.94 bits per heavy atom. The van der Waals surface area contributed by atoms with E-state index in [2.05, 4.69) is 10.3 Å². The largest absolute Gasteiger partial charge is 0.487 e. The predicted molar refractivity (Wildman–Crippen MR) is 117 cm³/mol. The van der Waals surface area contributed by atoms with E-state index in [1.807, 2.05) is 0 Å². The minimum absolute atomic E-state index is 0.119. The van der Waals surface area contributed by atoms with Crippen LogP contribution in [-0.2, 0) is 0 Å². The summed E-state index contributed by atoms with van der Waals surface area (Å²) in [5.74, 6) is 0.0701. The van der Waals surface area contributed by atoms with E-state index in [1.54, 1.807) is 49.4 Å². The standard InChI is InChI=1S/C22H16ClN3O5/c1-2-30-20-9-5-14(11-18(20)26(28)29)21(27)24-16-7-3-13(4-8-16)22-25-17-12-15(23)6-10-19(17)31-22/h3-12H,2H2,1H3,(H,24,27). The van der Waals surface area contributed by atoms with Crippen LogP contribution in [0.2, 0.25) is 5.02 Å². The Kier molecular flexibility index (Phi) is 5.55. The zero-order chi connectivity index (χ0) is 22.0. The van der Waals surface area contributed by atoms with Crippen molar-refractivity contribution in [2.45, 2.75) is 6.92 Å². The maximum atomic E-state index is 12.5. The van der Waals surface area contributed by atoms with Gasteiger partial charge in [-0.15, -0.1) is 0 Å². The van der Waals surface area contributed by atoms with Crippen LogP contribution in [0.5, 0.6) is 5.75 Å². The number of carbonyl (C=O) groups is 1. The number of rotatable bonds is 6. The fourth-order valence-electron chi connectivity index (χ4n) is 3.00. The van der Waals surface area contributed by atoms with Crippen molar-refractivity contribution in [3.05, 3.63) is 81.4 Å². The van der Waals surface area contributed by atoms with Gasteiger partial charge in [0.2, 0.25) is 5.89 Å². The number of halogens is 1. The van der Waals surface area contributed by atoms with Crippen molar-refractivity contribution in [3.8, 4) is 17.2 Å². The van der Waals surface area contributed by atoms with Crippen LogP contribution in [0, 0.1) is 10.1 Å². The van der Waals surface area contributed by atoms with Crippen molar-refractivity contribution in [3.63, 3.8) is 0 Å². The summed E-state index contributed by atoms with van der Waals surface area (Å²) in [6.07, 6.45) is 0. The van der Waals surface area contributed by atoms with Gasteiger partial charge in [0.15, 0.2) is 11.3 Å². The summed E-state index contributed by atoms with van der Waals surface area (Å²) in [6, 6.07) is 16.2. The highest BCUT2D eigenvalue weighted by atomic mass is 35.5. The van der Waals surface area contributed by atoms with Gasteiger partial charge in [-0.2, -0.15) is 0 Å². The lowest BCUT2D eigenvalue weighted by Gasteiger charge is -2.08. The molecule has 0 bridgehead atoms. The molecule has 0 unspecified atom stereocenters. The minimum atomic E-state index is -0.579. The summed E-state index contributed by atoms with van der Waals surface area (Å²) in [6.45, 7) is 2.01. The zero-order valence-corrected chi connectivity index (χ0v) is 17.1. The molecular formula is C22H16ClN3O5. The summed E-state index contributed by atoms with van der Waals surface area (Å²) >= 11 is 5.98. The number of fused-ring (bicyclic) bond motifs is 1. The Bertz CT molecular complexity index is 1280. The minimum Gasteiger partial charge on any atom is -0.487 e. The number of nitro benzene ring substituents is 1. The predicted octanol–water partition coefficient (Wildman–Crippen LogP) is 5.71. The molecule has 0 fully saturated rings. The molecule has 0 aliphatic rings. The molecule has 0 saturated heterocycles. The monoisotopic (exact) mass is 437 g/mol. The number of carbonyl (C=O) groups excluding carboxylic acids is 1. The lowest BCUT2D eigenvalue weighted by atomic mass is 10.1. The molecule has 1 amide bonds. The van der Waals surface area contributed by atoms with Gasteiger partial charge >= 0.3 is 5.69 Å². The molecule has 156 valence electrons. The second kappa shape index (κ2) is 8.45. The SMILES string of the molecule is CCOc1ccc(C(=O)Nc2ccc(-c3nc4cc(Cl)ccc4o3)cc2)cc1[N+](=O)[O-]. The Morgan fingerprint density at radius 1 is 1.16 bits per heavy atom. The lowest BCUT2D eigenvalue weighted by Crippen LogP contribution is -2.12. The Hall–Kier alpha value is -3.91. The van der Waals surface area contributed by atoms with Crippen LogP contribution >= 0.6 is 11.6 Å². The Balaban J connectivity index is 1.52. The number of aromatic nitrogens is 1. The van der Waals surface area contributed by atoms with Crippen molar-refractivity contribution in [2.75, 3.05) is 11.9 Å². The highest BCUT2D eigenvalue weighted by molar-refractivity contribution is 6.31. The fraction of sp³-hybridized carbons (Fsp3) is 0.0909. The van der Waals surface area contributed by atoms with Gasteiger partial charge in [-0.1, -0.05) is 11.6 Å². The Labute approximate surface area is 181 Å². The molecule has 1 heterocycles. The van der Waals surface area contributed by atoms with Crippen LogP contribution < -0.4 is 10.1 Å². The molecule has 0 radical (unpaired) electrons. The molecule has 0 aliphatic heterocycles. The highest BCUT2D eigenvalue weighted by Crippen LogP contribution is 2.29. The highest BCUT2D eigenvalue weighted by Gasteiger charge is 2.19. The number of oxazole rings is 1. The van der Waals surface area contributed by atoms with Crippen molar-refractivity contribution < 1.29 is 18.9 Å². The summed E-state index contributed by atoms with van der Waals surface area (Å²) in [4.78, 5) is 27.6. The quantitative estimate of drug-likeness (QED) is 0.306. The van der Waals surface area contributed by atoms with Gasteiger partial charge in [0.1, 0.15) is 5.52 Å². The molecule has 0 aliphatic carbocycles. The van der Waals surface area contributed by atoms with E-state index in [0.717, 1.165) is 5.56 Å². The Morgan fingerprint density at radius 3 is 2.65 bits per heavy atom.